The fourth-order valence-corrected chi connectivity index (χ4v) is 2.96. The molecule has 0 saturated heterocycles. The molecule has 0 aliphatic carbocycles. The number of anilines is 1. The molecule has 0 bridgehead atoms. The molecule has 3 nitrogen and oxygen atoms in total. The molecule has 0 saturated carbocycles. The first kappa shape index (κ1) is 23.1. The highest BCUT2D eigenvalue weighted by molar-refractivity contribution is 5.63. The van der Waals surface area contributed by atoms with E-state index in [9.17, 15) is 35.1 Å². The van der Waals surface area contributed by atoms with Crippen LogP contribution in [0.5, 0.6) is 0 Å². The molecule has 32 heavy (non-hydrogen) atoms. The summed E-state index contributed by atoms with van der Waals surface area (Å²) in [5.74, 6) is -2.28. The average Bonchev–Trinajstić information content (AvgIpc) is 3.16. The van der Waals surface area contributed by atoms with Crippen LogP contribution >= 0.6 is 0 Å². The molecule has 11 heteroatoms. The molecule has 3 aromatic rings. The van der Waals surface area contributed by atoms with Gasteiger partial charge in [0.25, 0.3) is 0 Å². The van der Waals surface area contributed by atoms with Gasteiger partial charge in [0.15, 0.2) is 17.3 Å². The molecular formula is C21H12F8N2O. The van der Waals surface area contributed by atoms with Gasteiger partial charge in [0.1, 0.15) is 18.1 Å². The predicted octanol–water partition coefficient (Wildman–Crippen LogP) is 7.36. The van der Waals surface area contributed by atoms with Crippen molar-refractivity contribution in [3.8, 4) is 11.3 Å². The van der Waals surface area contributed by atoms with Crippen LogP contribution in [0.4, 0.5) is 46.5 Å². The van der Waals surface area contributed by atoms with Crippen molar-refractivity contribution in [1.82, 2.24) is 0 Å². The monoisotopic (exact) mass is 460 g/mol. The molecule has 0 unspecified atom stereocenters. The van der Waals surface area contributed by atoms with Gasteiger partial charge in [-0.3, -0.25) is 0 Å². The zero-order valence-corrected chi connectivity index (χ0v) is 15.9. The quantitative estimate of drug-likeness (QED) is 0.293. The first-order valence-electron chi connectivity index (χ1n) is 8.82. The second-order valence-electron chi connectivity index (χ2n) is 6.68. The average molecular weight is 460 g/mol. The van der Waals surface area contributed by atoms with Crippen LogP contribution in [0.25, 0.3) is 16.2 Å². The molecule has 0 amide bonds. The number of nitrogens with zero attached hydrogens (tertiary/aromatic N) is 2. The number of hydrogen-bond acceptors (Lipinski definition) is 2. The number of furan rings is 1. The van der Waals surface area contributed by atoms with Gasteiger partial charge in [-0.25, -0.2) is 13.6 Å². The Morgan fingerprint density at radius 1 is 0.875 bits per heavy atom. The first-order valence-corrected chi connectivity index (χ1v) is 8.82. The molecule has 1 heterocycles. The first-order chi connectivity index (χ1) is 14.9. The molecule has 0 aliphatic heterocycles. The van der Waals surface area contributed by atoms with Crippen LogP contribution in [0.2, 0.25) is 0 Å². The van der Waals surface area contributed by atoms with Crippen molar-refractivity contribution in [3.05, 3.63) is 82.9 Å². The Kier molecular flexibility index (Phi) is 6.16. The summed E-state index contributed by atoms with van der Waals surface area (Å²) in [5.41, 5.74) is -2.41. The smallest absolute Gasteiger partial charge is 0.407 e. The lowest BCUT2D eigenvalue weighted by molar-refractivity contribution is -0.136. The third-order valence-electron chi connectivity index (χ3n) is 4.35. The van der Waals surface area contributed by atoms with Crippen LogP contribution in [0.15, 0.2) is 52.9 Å². The van der Waals surface area contributed by atoms with Gasteiger partial charge in [-0.15, -0.1) is 0 Å². The zero-order valence-electron chi connectivity index (χ0n) is 15.9. The van der Waals surface area contributed by atoms with Crippen molar-refractivity contribution in [2.45, 2.75) is 18.9 Å². The molecule has 2 aromatic carbocycles. The molecule has 0 N–H and O–H groups in total. The zero-order chi connectivity index (χ0) is 23.7. The highest BCUT2D eigenvalue weighted by atomic mass is 19.4. The molecule has 168 valence electrons. The van der Waals surface area contributed by atoms with E-state index in [2.05, 4.69) is 4.85 Å². The minimum Gasteiger partial charge on any atom is -0.459 e. The molecule has 3 rings (SSSR count). The van der Waals surface area contributed by atoms with Crippen molar-refractivity contribution in [2.75, 3.05) is 11.4 Å². The van der Waals surface area contributed by atoms with E-state index in [4.69, 9.17) is 11.0 Å². The maximum atomic E-state index is 13.4. The number of hydrogen-bond donors (Lipinski definition) is 0. The minimum atomic E-state index is -4.94. The van der Waals surface area contributed by atoms with Gasteiger partial charge in [-0.2, -0.15) is 26.3 Å². The van der Waals surface area contributed by atoms with Crippen LogP contribution < -0.4 is 4.90 Å². The summed E-state index contributed by atoms with van der Waals surface area (Å²) >= 11 is 0. The summed E-state index contributed by atoms with van der Waals surface area (Å²) < 4.78 is 111. The van der Waals surface area contributed by atoms with Gasteiger partial charge in [-0.1, -0.05) is 6.07 Å². The van der Waals surface area contributed by atoms with Gasteiger partial charge in [-0.05, 0) is 42.5 Å². The van der Waals surface area contributed by atoms with Crippen molar-refractivity contribution < 1.29 is 39.5 Å². The summed E-state index contributed by atoms with van der Waals surface area (Å²) in [6, 6.07) is 7.72. The molecule has 0 atom stereocenters. The third kappa shape index (κ3) is 5.38. The van der Waals surface area contributed by atoms with Gasteiger partial charge < -0.3 is 9.32 Å². The minimum absolute atomic E-state index is 0.0326. The third-order valence-corrected chi connectivity index (χ3v) is 4.35. The van der Waals surface area contributed by atoms with Crippen molar-refractivity contribution in [2.24, 2.45) is 0 Å². The maximum absolute atomic E-state index is 13.4. The normalized spacial score (nSPS) is 12.0. The predicted molar refractivity (Wildman–Crippen MR) is 98.9 cm³/mol. The van der Waals surface area contributed by atoms with E-state index in [1.807, 2.05) is 0 Å². The Labute approximate surface area is 176 Å². The molecule has 1 aromatic heterocycles. The van der Waals surface area contributed by atoms with E-state index in [-0.39, 0.29) is 17.1 Å². The van der Waals surface area contributed by atoms with Gasteiger partial charge in [0, 0.05) is 11.3 Å². The van der Waals surface area contributed by atoms with Gasteiger partial charge in [0.05, 0.1) is 18.7 Å². The standard InChI is InChI=1S/C21H12F8N2O/c1-30-18-6-3-13(9-15(18)21(27,28)29)31(11-20(24,25)26)10-14-4-7-19(32-14)12-2-5-16(22)17(23)8-12/h2-9H,10-11H2. The van der Waals surface area contributed by atoms with E-state index in [0.29, 0.717) is 11.0 Å². The Hall–Kier alpha value is -3.55. The summed E-state index contributed by atoms with van der Waals surface area (Å²) in [5, 5.41) is 0. The fraction of sp³-hybridized carbons (Fsp3) is 0.190. The van der Waals surface area contributed by atoms with Crippen molar-refractivity contribution in [1.29, 1.82) is 0 Å². The van der Waals surface area contributed by atoms with E-state index in [0.717, 1.165) is 24.3 Å². The lowest BCUT2D eigenvalue weighted by Gasteiger charge is -2.26. The van der Waals surface area contributed by atoms with Gasteiger partial charge >= 0.3 is 12.4 Å². The van der Waals surface area contributed by atoms with Gasteiger partial charge in [0.2, 0.25) is 0 Å². The molecule has 0 radical (unpaired) electrons. The van der Waals surface area contributed by atoms with E-state index < -0.39 is 54.0 Å². The van der Waals surface area contributed by atoms with Crippen LogP contribution in [0, 0.1) is 18.2 Å². The summed E-state index contributed by atoms with van der Waals surface area (Å²) in [6.45, 7) is 4.68. The summed E-state index contributed by atoms with van der Waals surface area (Å²) in [7, 11) is 0. The summed E-state index contributed by atoms with van der Waals surface area (Å²) in [6.07, 6.45) is -9.70. The number of alkyl halides is 6. The van der Waals surface area contributed by atoms with Crippen molar-refractivity contribution in [3.63, 3.8) is 0 Å². The highest BCUT2D eigenvalue weighted by Crippen LogP contribution is 2.39. The number of rotatable bonds is 5. The SMILES string of the molecule is [C-]#[N+]c1ccc(N(Cc2ccc(-c3ccc(F)c(F)c3)o2)CC(F)(F)F)cc1C(F)(F)F. The Morgan fingerprint density at radius 3 is 2.19 bits per heavy atom. The molecule has 0 aliphatic rings. The molecular weight excluding hydrogens is 448 g/mol. The second-order valence-corrected chi connectivity index (χ2v) is 6.68. The molecule has 0 fully saturated rings. The Morgan fingerprint density at radius 2 is 1.59 bits per heavy atom. The fourth-order valence-electron chi connectivity index (χ4n) is 2.96. The lowest BCUT2D eigenvalue weighted by Crippen LogP contribution is -2.33. The highest BCUT2D eigenvalue weighted by Gasteiger charge is 2.36. The summed E-state index contributed by atoms with van der Waals surface area (Å²) in [4.78, 5) is 3.37. The maximum Gasteiger partial charge on any atom is 0.407 e. The van der Waals surface area contributed by atoms with E-state index in [1.54, 1.807) is 0 Å². The lowest BCUT2D eigenvalue weighted by atomic mass is 10.1. The van der Waals surface area contributed by atoms with Crippen LogP contribution in [-0.4, -0.2) is 12.7 Å². The molecule has 0 spiro atoms. The Bertz CT molecular complexity index is 1160. The second kappa shape index (κ2) is 8.53. The number of benzene rings is 2. The van der Waals surface area contributed by atoms with Crippen LogP contribution in [-0.2, 0) is 12.7 Å². The van der Waals surface area contributed by atoms with E-state index >= 15 is 0 Å². The van der Waals surface area contributed by atoms with Crippen LogP contribution in [0.3, 0.4) is 0 Å². The topological polar surface area (TPSA) is 20.7 Å². The van der Waals surface area contributed by atoms with Crippen LogP contribution in [0.1, 0.15) is 11.3 Å². The largest absolute Gasteiger partial charge is 0.459 e. The van der Waals surface area contributed by atoms with Crippen molar-refractivity contribution >= 4 is 11.4 Å². The Balaban J connectivity index is 1.95. The number of halogens is 8. The van der Waals surface area contributed by atoms with E-state index in [1.165, 1.54) is 18.2 Å².